The van der Waals surface area contributed by atoms with E-state index in [1.807, 2.05) is 25.1 Å². The molecule has 2 N–H and O–H groups in total. The lowest BCUT2D eigenvalue weighted by Gasteiger charge is -2.13. The highest BCUT2D eigenvalue weighted by molar-refractivity contribution is 9.10. The molecule has 1 atom stereocenters. The monoisotopic (exact) mass is 273 g/mol. The normalized spacial score (nSPS) is 12.6. The zero-order valence-corrected chi connectivity index (χ0v) is 10.4. The third kappa shape index (κ3) is 3.12. The number of benzene rings is 1. The first kappa shape index (κ1) is 11.8. The predicted octanol–water partition coefficient (Wildman–Crippen LogP) is 4.07. The van der Waals surface area contributed by atoms with E-state index in [1.165, 1.54) is 0 Å². The summed E-state index contributed by atoms with van der Waals surface area (Å²) in [6, 6.07) is 5.68. The maximum absolute atomic E-state index is 6.07. The number of halogens is 2. The van der Waals surface area contributed by atoms with E-state index in [1.54, 1.807) is 0 Å². The largest absolute Gasteiger partial charge is 0.324 e. The lowest BCUT2D eigenvalue weighted by molar-refractivity contribution is 0.717. The molecule has 0 fully saturated rings. The smallest absolute Gasteiger partial charge is 0.0465 e. The summed E-state index contributed by atoms with van der Waals surface area (Å²) in [6.07, 6.45) is 0.765. The molecule has 0 aliphatic rings. The van der Waals surface area contributed by atoms with Gasteiger partial charge in [0.2, 0.25) is 0 Å². The van der Waals surface area contributed by atoms with Gasteiger partial charge in [-0.25, -0.2) is 0 Å². The average molecular weight is 275 g/mol. The average Bonchev–Trinajstić information content (AvgIpc) is 2.01. The lowest BCUT2D eigenvalue weighted by Crippen LogP contribution is -2.10. The Labute approximate surface area is 98.1 Å². The minimum Gasteiger partial charge on any atom is -0.324 e. The molecule has 0 aromatic heterocycles. The highest BCUT2D eigenvalue weighted by Gasteiger charge is 2.10. The summed E-state index contributed by atoms with van der Waals surface area (Å²) < 4.78 is 0.966. The van der Waals surface area contributed by atoms with Crippen LogP contribution in [0.4, 0.5) is 0 Å². The Kier molecular flexibility index (Phi) is 4.17. The van der Waals surface area contributed by atoms with Crippen molar-refractivity contribution in [3.8, 4) is 0 Å². The van der Waals surface area contributed by atoms with Crippen LogP contribution in [0.5, 0.6) is 0 Å². The maximum atomic E-state index is 6.07. The van der Waals surface area contributed by atoms with E-state index >= 15 is 0 Å². The molecule has 1 rings (SSSR count). The Morgan fingerprint density at radius 3 is 2.79 bits per heavy atom. The minimum atomic E-state index is -0.0619. The Hall–Kier alpha value is -0.310. The Morgan fingerprint density at radius 1 is 1.64 bits per heavy atom. The van der Waals surface area contributed by atoms with Crippen LogP contribution < -0.4 is 5.73 Å². The van der Waals surface area contributed by atoms with Crippen molar-refractivity contribution in [2.45, 2.75) is 19.4 Å². The quantitative estimate of drug-likeness (QED) is 0.826. The second-order valence-electron chi connectivity index (χ2n) is 3.43. The van der Waals surface area contributed by atoms with E-state index in [2.05, 4.69) is 22.5 Å². The van der Waals surface area contributed by atoms with Gasteiger partial charge in [-0.3, -0.25) is 0 Å². The van der Waals surface area contributed by atoms with Crippen molar-refractivity contribution in [3.63, 3.8) is 0 Å². The van der Waals surface area contributed by atoms with E-state index in [0.29, 0.717) is 5.02 Å². The second-order valence-corrected chi connectivity index (χ2v) is 4.76. The molecule has 0 radical (unpaired) electrons. The van der Waals surface area contributed by atoms with Crippen molar-refractivity contribution in [2.75, 3.05) is 0 Å². The van der Waals surface area contributed by atoms with Gasteiger partial charge in [0.1, 0.15) is 0 Å². The molecule has 1 unspecified atom stereocenters. The first-order chi connectivity index (χ1) is 6.50. The van der Waals surface area contributed by atoms with Crippen LogP contribution in [0.25, 0.3) is 0 Å². The van der Waals surface area contributed by atoms with Crippen molar-refractivity contribution >= 4 is 27.5 Å². The van der Waals surface area contributed by atoms with E-state index < -0.39 is 0 Å². The molecule has 1 aromatic carbocycles. The molecule has 1 aromatic rings. The molecular formula is C11H13BrClN. The van der Waals surface area contributed by atoms with Crippen molar-refractivity contribution in [2.24, 2.45) is 5.73 Å². The van der Waals surface area contributed by atoms with Crippen LogP contribution in [0.3, 0.4) is 0 Å². The van der Waals surface area contributed by atoms with Crippen molar-refractivity contribution in [1.82, 2.24) is 0 Å². The van der Waals surface area contributed by atoms with Gasteiger partial charge >= 0.3 is 0 Å². The fourth-order valence-electron chi connectivity index (χ4n) is 1.29. The summed E-state index contributed by atoms with van der Waals surface area (Å²) >= 11 is 9.42. The number of rotatable bonds is 3. The molecule has 14 heavy (non-hydrogen) atoms. The standard InChI is InChI=1S/C11H13BrClN/c1-7(2)5-11(14)9-4-3-8(12)6-10(9)13/h3-4,6,11H,1,5,14H2,2H3. The number of nitrogens with two attached hydrogens (primary N) is 1. The van der Waals surface area contributed by atoms with Gasteiger partial charge in [-0.2, -0.15) is 0 Å². The van der Waals surface area contributed by atoms with E-state index in [-0.39, 0.29) is 6.04 Å². The van der Waals surface area contributed by atoms with E-state index in [0.717, 1.165) is 22.0 Å². The molecule has 76 valence electrons. The molecule has 1 nitrogen and oxygen atoms in total. The highest BCUT2D eigenvalue weighted by atomic mass is 79.9. The molecule has 0 aliphatic heterocycles. The van der Waals surface area contributed by atoms with E-state index in [9.17, 15) is 0 Å². The summed E-state index contributed by atoms with van der Waals surface area (Å²) in [7, 11) is 0. The molecule has 0 heterocycles. The zero-order chi connectivity index (χ0) is 10.7. The highest BCUT2D eigenvalue weighted by Crippen LogP contribution is 2.28. The van der Waals surface area contributed by atoms with Gasteiger partial charge in [0.05, 0.1) is 0 Å². The minimum absolute atomic E-state index is 0.0619. The predicted molar refractivity (Wildman–Crippen MR) is 65.5 cm³/mol. The van der Waals surface area contributed by atoms with Crippen LogP contribution in [0.2, 0.25) is 5.02 Å². The summed E-state index contributed by atoms with van der Waals surface area (Å²) in [5.41, 5.74) is 8.02. The first-order valence-electron chi connectivity index (χ1n) is 4.35. The van der Waals surface area contributed by atoms with Crippen LogP contribution >= 0.6 is 27.5 Å². The molecule has 0 aliphatic carbocycles. The van der Waals surface area contributed by atoms with Gasteiger partial charge in [0.25, 0.3) is 0 Å². The third-order valence-corrected chi connectivity index (χ3v) is 2.75. The maximum Gasteiger partial charge on any atom is 0.0465 e. The molecule has 0 saturated carbocycles. The van der Waals surface area contributed by atoms with Gasteiger partial charge < -0.3 is 5.73 Å². The molecule has 0 amide bonds. The summed E-state index contributed by atoms with van der Waals surface area (Å²) in [5.74, 6) is 0. The van der Waals surface area contributed by atoms with Crippen molar-refractivity contribution < 1.29 is 0 Å². The Bertz CT molecular complexity index is 349. The summed E-state index contributed by atoms with van der Waals surface area (Å²) in [5, 5.41) is 0.702. The lowest BCUT2D eigenvalue weighted by atomic mass is 10.0. The third-order valence-electron chi connectivity index (χ3n) is 1.93. The van der Waals surface area contributed by atoms with Crippen LogP contribution in [0.15, 0.2) is 34.8 Å². The summed E-state index contributed by atoms with van der Waals surface area (Å²) in [6.45, 7) is 5.80. The fourth-order valence-corrected chi connectivity index (χ4v) is 2.10. The van der Waals surface area contributed by atoms with Gasteiger partial charge in [-0.15, -0.1) is 6.58 Å². The van der Waals surface area contributed by atoms with Gasteiger partial charge in [-0.1, -0.05) is 39.2 Å². The van der Waals surface area contributed by atoms with Crippen LogP contribution in [-0.2, 0) is 0 Å². The SMILES string of the molecule is C=C(C)CC(N)c1ccc(Br)cc1Cl. The van der Waals surface area contributed by atoms with Crippen molar-refractivity contribution in [3.05, 3.63) is 45.4 Å². The van der Waals surface area contributed by atoms with Gasteiger partial charge in [0, 0.05) is 15.5 Å². The van der Waals surface area contributed by atoms with Crippen molar-refractivity contribution in [1.29, 1.82) is 0 Å². The fraction of sp³-hybridized carbons (Fsp3) is 0.273. The summed E-state index contributed by atoms with van der Waals surface area (Å²) in [4.78, 5) is 0. The van der Waals surface area contributed by atoms with E-state index in [4.69, 9.17) is 17.3 Å². The van der Waals surface area contributed by atoms with Crippen LogP contribution in [0, 0.1) is 0 Å². The molecule has 3 heteroatoms. The molecular weight excluding hydrogens is 261 g/mol. The van der Waals surface area contributed by atoms with Gasteiger partial charge in [0.15, 0.2) is 0 Å². The van der Waals surface area contributed by atoms with Crippen LogP contribution in [0.1, 0.15) is 24.9 Å². The second kappa shape index (κ2) is 4.96. The molecule has 0 bridgehead atoms. The Morgan fingerprint density at radius 2 is 2.29 bits per heavy atom. The topological polar surface area (TPSA) is 26.0 Å². The molecule has 0 spiro atoms. The number of hydrogen-bond donors (Lipinski definition) is 1. The van der Waals surface area contributed by atoms with Crippen LogP contribution in [-0.4, -0.2) is 0 Å². The number of hydrogen-bond acceptors (Lipinski definition) is 1. The zero-order valence-electron chi connectivity index (χ0n) is 8.06. The Balaban J connectivity index is 2.90. The van der Waals surface area contributed by atoms with Gasteiger partial charge in [-0.05, 0) is 31.0 Å². The first-order valence-corrected chi connectivity index (χ1v) is 5.52. The molecule has 0 saturated heterocycles.